The molecule has 0 saturated carbocycles. The maximum atomic E-state index is 12.5. The fraction of sp³-hybridized carbons (Fsp3) is 0.308. The Bertz CT molecular complexity index is 716. The molecule has 10 heteroatoms. The minimum atomic E-state index is -5.55. The van der Waals surface area contributed by atoms with Gasteiger partial charge in [-0.25, -0.2) is 0 Å². The molecular formula is C13H14ClF3N2O3S. The lowest BCUT2D eigenvalue weighted by molar-refractivity contribution is -0.0429. The standard InChI is InChI=1S/C13H14ClF3N2O3S/c1-3-4-7-22-18-9(2)11-8-10(14)5-6-12(11)19-23(20,21)13(15,16)17/h3-6,8,19H,7H2,1-2H3. The summed E-state index contributed by atoms with van der Waals surface area (Å²) in [7, 11) is -5.55. The summed E-state index contributed by atoms with van der Waals surface area (Å²) in [6, 6.07) is 3.66. The summed E-state index contributed by atoms with van der Waals surface area (Å²) in [6.45, 7) is 3.39. The van der Waals surface area contributed by atoms with Gasteiger partial charge in [0.15, 0.2) is 0 Å². The zero-order valence-corrected chi connectivity index (χ0v) is 13.8. The Hall–Kier alpha value is -1.74. The minimum Gasteiger partial charge on any atom is -0.391 e. The molecule has 5 nitrogen and oxygen atoms in total. The fourth-order valence-corrected chi connectivity index (χ4v) is 2.19. The highest BCUT2D eigenvalue weighted by Gasteiger charge is 2.46. The molecule has 0 atom stereocenters. The van der Waals surface area contributed by atoms with Gasteiger partial charge in [-0.15, -0.1) is 0 Å². The number of nitrogens with zero attached hydrogens (tertiary/aromatic N) is 1. The van der Waals surface area contributed by atoms with Crippen molar-refractivity contribution in [1.82, 2.24) is 0 Å². The van der Waals surface area contributed by atoms with E-state index in [4.69, 9.17) is 16.4 Å². The summed E-state index contributed by atoms with van der Waals surface area (Å²) in [4.78, 5) is 4.94. The quantitative estimate of drug-likeness (QED) is 0.357. The van der Waals surface area contributed by atoms with E-state index >= 15 is 0 Å². The van der Waals surface area contributed by atoms with Crippen LogP contribution in [0.2, 0.25) is 5.02 Å². The van der Waals surface area contributed by atoms with Crippen LogP contribution in [-0.4, -0.2) is 26.2 Å². The first-order valence-corrected chi connectivity index (χ1v) is 8.11. The highest BCUT2D eigenvalue weighted by molar-refractivity contribution is 7.93. The van der Waals surface area contributed by atoms with Crippen LogP contribution < -0.4 is 4.72 Å². The van der Waals surface area contributed by atoms with E-state index in [0.717, 1.165) is 6.07 Å². The molecular weight excluding hydrogens is 357 g/mol. The third-order valence-corrected chi connectivity index (χ3v) is 3.86. The van der Waals surface area contributed by atoms with Crippen LogP contribution in [-0.2, 0) is 14.9 Å². The molecule has 0 unspecified atom stereocenters. The third kappa shape index (κ3) is 5.43. The molecule has 0 aliphatic heterocycles. The molecule has 23 heavy (non-hydrogen) atoms. The van der Waals surface area contributed by atoms with Crippen LogP contribution in [0.15, 0.2) is 35.5 Å². The van der Waals surface area contributed by atoms with Crippen molar-refractivity contribution in [2.45, 2.75) is 19.4 Å². The number of hydrogen-bond donors (Lipinski definition) is 1. The fourth-order valence-electron chi connectivity index (χ4n) is 1.43. The van der Waals surface area contributed by atoms with E-state index in [-0.39, 0.29) is 28.6 Å². The lowest BCUT2D eigenvalue weighted by atomic mass is 10.1. The SMILES string of the molecule is CC=CCON=C(C)c1cc(Cl)ccc1NS(=O)(=O)C(F)(F)F. The molecule has 0 fully saturated rings. The summed E-state index contributed by atoms with van der Waals surface area (Å²) in [5.74, 6) is 0. The lowest BCUT2D eigenvalue weighted by Crippen LogP contribution is -2.30. The van der Waals surface area contributed by atoms with E-state index in [0.29, 0.717) is 0 Å². The van der Waals surface area contributed by atoms with E-state index in [1.165, 1.54) is 23.8 Å². The van der Waals surface area contributed by atoms with Crippen LogP contribution in [0.4, 0.5) is 18.9 Å². The molecule has 0 saturated heterocycles. The van der Waals surface area contributed by atoms with Gasteiger partial charge in [-0.3, -0.25) is 4.72 Å². The van der Waals surface area contributed by atoms with E-state index in [1.54, 1.807) is 19.1 Å². The van der Waals surface area contributed by atoms with Crippen molar-refractivity contribution in [3.8, 4) is 0 Å². The van der Waals surface area contributed by atoms with Crippen molar-refractivity contribution in [3.05, 3.63) is 40.9 Å². The molecule has 1 N–H and O–H groups in total. The summed E-state index contributed by atoms with van der Waals surface area (Å²) < 4.78 is 61.4. The van der Waals surface area contributed by atoms with Crippen LogP contribution >= 0.6 is 11.6 Å². The first kappa shape index (κ1) is 19.3. The van der Waals surface area contributed by atoms with Gasteiger partial charge < -0.3 is 4.84 Å². The molecule has 1 rings (SSSR count). The van der Waals surface area contributed by atoms with E-state index in [2.05, 4.69) is 5.16 Å². The lowest BCUT2D eigenvalue weighted by Gasteiger charge is -2.14. The van der Waals surface area contributed by atoms with Gasteiger partial charge in [0, 0.05) is 10.6 Å². The second kappa shape index (κ2) is 7.69. The van der Waals surface area contributed by atoms with Gasteiger partial charge in [0.25, 0.3) is 0 Å². The zero-order chi connectivity index (χ0) is 17.7. The van der Waals surface area contributed by atoms with Gasteiger partial charge in [-0.05, 0) is 38.1 Å². The number of halogens is 4. The Morgan fingerprint density at radius 2 is 2.09 bits per heavy atom. The number of benzene rings is 1. The van der Waals surface area contributed by atoms with Crippen molar-refractivity contribution >= 4 is 33.0 Å². The van der Waals surface area contributed by atoms with Gasteiger partial charge in [-0.1, -0.05) is 22.8 Å². The molecule has 128 valence electrons. The number of nitrogens with one attached hydrogen (secondary N) is 1. The van der Waals surface area contributed by atoms with Crippen molar-refractivity contribution in [2.75, 3.05) is 11.3 Å². The predicted octanol–water partition coefficient (Wildman–Crippen LogP) is 3.92. The van der Waals surface area contributed by atoms with Gasteiger partial charge in [0.05, 0.1) is 11.4 Å². The van der Waals surface area contributed by atoms with Crippen molar-refractivity contribution in [3.63, 3.8) is 0 Å². The molecule has 0 bridgehead atoms. The van der Waals surface area contributed by atoms with Crippen LogP contribution in [0.1, 0.15) is 19.4 Å². The van der Waals surface area contributed by atoms with Crippen molar-refractivity contribution in [1.29, 1.82) is 0 Å². The first-order valence-electron chi connectivity index (χ1n) is 6.25. The highest BCUT2D eigenvalue weighted by atomic mass is 35.5. The maximum absolute atomic E-state index is 12.5. The van der Waals surface area contributed by atoms with Crippen molar-refractivity contribution < 1.29 is 26.4 Å². The third-order valence-electron chi connectivity index (χ3n) is 2.53. The maximum Gasteiger partial charge on any atom is 0.516 e. The Balaban J connectivity index is 3.16. The Morgan fingerprint density at radius 1 is 1.43 bits per heavy atom. The Morgan fingerprint density at radius 3 is 2.65 bits per heavy atom. The zero-order valence-electron chi connectivity index (χ0n) is 12.2. The van der Waals surface area contributed by atoms with Crippen LogP contribution in [0.5, 0.6) is 0 Å². The van der Waals surface area contributed by atoms with Crippen LogP contribution in [0.3, 0.4) is 0 Å². The Labute approximate surface area is 136 Å². The molecule has 0 aliphatic rings. The monoisotopic (exact) mass is 370 g/mol. The largest absolute Gasteiger partial charge is 0.516 e. The summed E-state index contributed by atoms with van der Waals surface area (Å²) in [5, 5.41) is 3.92. The van der Waals surface area contributed by atoms with Crippen LogP contribution in [0.25, 0.3) is 0 Å². The number of rotatable bonds is 6. The van der Waals surface area contributed by atoms with Gasteiger partial charge in [0.1, 0.15) is 6.61 Å². The number of alkyl halides is 3. The second-order valence-corrected chi connectivity index (χ2v) is 6.39. The molecule has 0 aromatic heterocycles. The van der Waals surface area contributed by atoms with E-state index in [1.807, 2.05) is 0 Å². The van der Waals surface area contributed by atoms with E-state index in [9.17, 15) is 21.6 Å². The topological polar surface area (TPSA) is 67.8 Å². The van der Waals surface area contributed by atoms with Crippen LogP contribution in [0, 0.1) is 0 Å². The molecule has 1 aromatic rings. The highest BCUT2D eigenvalue weighted by Crippen LogP contribution is 2.28. The average Bonchev–Trinajstić information content (AvgIpc) is 2.44. The summed E-state index contributed by atoms with van der Waals surface area (Å²) in [5.41, 5.74) is -5.50. The van der Waals surface area contributed by atoms with Gasteiger partial charge in [0.2, 0.25) is 0 Å². The number of hydrogen-bond acceptors (Lipinski definition) is 4. The number of oxime groups is 1. The van der Waals surface area contributed by atoms with Crippen molar-refractivity contribution in [2.24, 2.45) is 5.16 Å². The number of sulfonamides is 1. The van der Waals surface area contributed by atoms with E-state index < -0.39 is 15.5 Å². The van der Waals surface area contributed by atoms with Gasteiger partial charge >= 0.3 is 15.5 Å². The normalized spacial score (nSPS) is 13.4. The smallest absolute Gasteiger partial charge is 0.391 e. The molecule has 1 aromatic carbocycles. The summed E-state index contributed by atoms with van der Waals surface area (Å²) >= 11 is 5.80. The average molecular weight is 371 g/mol. The molecule has 0 amide bonds. The number of anilines is 1. The predicted molar refractivity (Wildman–Crippen MR) is 83.0 cm³/mol. The van der Waals surface area contributed by atoms with Gasteiger partial charge in [-0.2, -0.15) is 21.6 Å². The minimum absolute atomic E-state index is 0.0748. The molecule has 0 spiro atoms. The molecule has 0 radical (unpaired) electrons. The first-order chi connectivity index (χ1) is 10.6. The second-order valence-electron chi connectivity index (χ2n) is 4.28. The molecule has 0 aliphatic carbocycles. The number of allylic oxidation sites excluding steroid dienone is 1. The Kier molecular flexibility index (Phi) is 6.46. The summed E-state index contributed by atoms with van der Waals surface area (Å²) in [6.07, 6.45) is 3.40. The molecule has 0 heterocycles.